The van der Waals surface area contributed by atoms with Crippen molar-refractivity contribution in [1.29, 1.82) is 0 Å². The van der Waals surface area contributed by atoms with Gasteiger partial charge in [-0.25, -0.2) is 0 Å². The van der Waals surface area contributed by atoms with Crippen LogP contribution in [-0.2, 0) is 4.74 Å². The van der Waals surface area contributed by atoms with Crippen LogP contribution in [0.3, 0.4) is 0 Å². The molecule has 104 valence electrons. The van der Waals surface area contributed by atoms with Gasteiger partial charge in [0, 0.05) is 31.5 Å². The van der Waals surface area contributed by atoms with Gasteiger partial charge in [-0.05, 0) is 30.9 Å². The fourth-order valence-electron chi connectivity index (χ4n) is 2.17. The minimum Gasteiger partial charge on any atom is -0.497 e. The Morgan fingerprint density at radius 2 is 2.42 bits per heavy atom. The summed E-state index contributed by atoms with van der Waals surface area (Å²) in [7, 11) is 1.57. The SMILES string of the molecule is COc1ccc(C(=O)NCCC2CCOC2)c(N)c1. The third-order valence-corrected chi connectivity index (χ3v) is 3.37. The fourth-order valence-corrected chi connectivity index (χ4v) is 2.17. The molecule has 0 radical (unpaired) electrons. The number of anilines is 1. The number of hydrogen-bond donors (Lipinski definition) is 2. The van der Waals surface area contributed by atoms with Crippen molar-refractivity contribution in [1.82, 2.24) is 5.32 Å². The summed E-state index contributed by atoms with van der Waals surface area (Å²) >= 11 is 0. The largest absolute Gasteiger partial charge is 0.497 e. The molecule has 0 aromatic heterocycles. The first-order valence-electron chi connectivity index (χ1n) is 6.50. The van der Waals surface area contributed by atoms with E-state index in [1.165, 1.54) is 0 Å². The van der Waals surface area contributed by atoms with Gasteiger partial charge < -0.3 is 20.5 Å². The second-order valence-corrected chi connectivity index (χ2v) is 4.73. The molecule has 1 heterocycles. The molecular weight excluding hydrogens is 244 g/mol. The molecular formula is C14H20N2O3. The van der Waals surface area contributed by atoms with E-state index in [0.717, 1.165) is 26.1 Å². The maximum absolute atomic E-state index is 12.0. The number of nitrogens with two attached hydrogens (primary N) is 1. The average molecular weight is 264 g/mol. The number of ether oxygens (including phenoxy) is 2. The number of carbonyl (C=O) groups is 1. The van der Waals surface area contributed by atoms with Crippen LogP contribution in [0.25, 0.3) is 0 Å². The molecule has 19 heavy (non-hydrogen) atoms. The van der Waals surface area contributed by atoms with Gasteiger partial charge in [-0.2, -0.15) is 0 Å². The van der Waals surface area contributed by atoms with Gasteiger partial charge in [0.2, 0.25) is 0 Å². The highest BCUT2D eigenvalue weighted by atomic mass is 16.5. The number of nitrogens with one attached hydrogen (secondary N) is 1. The van der Waals surface area contributed by atoms with Crippen LogP contribution in [-0.4, -0.2) is 32.8 Å². The molecule has 1 amide bonds. The maximum Gasteiger partial charge on any atom is 0.253 e. The number of amides is 1. The third-order valence-electron chi connectivity index (χ3n) is 3.37. The quantitative estimate of drug-likeness (QED) is 0.789. The molecule has 3 N–H and O–H groups in total. The van der Waals surface area contributed by atoms with Crippen LogP contribution in [0.1, 0.15) is 23.2 Å². The molecule has 5 heteroatoms. The molecule has 2 rings (SSSR count). The summed E-state index contributed by atoms with van der Waals surface area (Å²) in [6.45, 7) is 2.29. The lowest BCUT2D eigenvalue weighted by atomic mass is 10.1. The van der Waals surface area contributed by atoms with E-state index in [0.29, 0.717) is 29.5 Å². The van der Waals surface area contributed by atoms with Crippen molar-refractivity contribution in [3.05, 3.63) is 23.8 Å². The van der Waals surface area contributed by atoms with Gasteiger partial charge in [0.15, 0.2) is 0 Å². The predicted octanol–water partition coefficient (Wildman–Crippen LogP) is 1.43. The van der Waals surface area contributed by atoms with Gasteiger partial charge in [-0.1, -0.05) is 0 Å². The van der Waals surface area contributed by atoms with Crippen molar-refractivity contribution < 1.29 is 14.3 Å². The number of hydrogen-bond acceptors (Lipinski definition) is 4. The van der Waals surface area contributed by atoms with E-state index in [9.17, 15) is 4.79 Å². The molecule has 1 aliphatic rings. The average Bonchev–Trinajstić information content (AvgIpc) is 2.91. The molecule has 1 aromatic rings. The summed E-state index contributed by atoms with van der Waals surface area (Å²) in [5, 5.41) is 2.89. The first kappa shape index (κ1) is 13.7. The molecule has 0 spiro atoms. The second kappa shape index (κ2) is 6.43. The minimum atomic E-state index is -0.140. The van der Waals surface area contributed by atoms with E-state index < -0.39 is 0 Å². The first-order valence-corrected chi connectivity index (χ1v) is 6.50. The zero-order valence-electron chi connectivity index (χ0n) is 11.1. The molecule has 0 bridgehead atoms. The number of carbonyl (C=O) groups excluding carboxylic acids is 1. The Morgan fingerprint density at radius 1 is 1.58 bits per heavy atom. The minimum absolute atomic E-state index is 0.140. The molecule has 1 aliphatic heterocycles. The summed E-state index contributed by atoms with van der Waals surface area (Å²) < 4.78 is 10.4. The Morgan fingerprint density at radius 3 is 3.05 bits per heavy atom. The molecule has 5 nitrogen and oxygen atoms in total. The summed E-state index contributed by atoms with van der Waals surface area (Å²) in [5.41, 5.74) is 6.75. The Labute approximate surface area is 113 Å². The van der Waals surface area contributed by atoms with Crippen molar-refractivity contribution in [3.8, 4) is 5.75 Å². The normalized spacial score (nSPS) is 18.3. The topological polar surface area (TPSA) is 73.6 Å². The Kier molecular flexibility index (Phi) is 4.63. The molecule has 0 aliphatic carbocycles. The standard InChI is InChI=1S/C14H20N2O3/c1-18-11-2-3-12(13(15)8-11)14(17)16-6-4-10-5-7-19-9-10/h2-3,8,10H,4-7,9,15H2,1H3,(H,16,17). The van der Waals surface area contributed by atoms with Gasteiger partial charge in [0.25, 0.3) is 5.91 Å². The Hall–Kier alpha value is -1.75. The van der Waals surface area contributed by atoms with Gasteiger partial charge in [-0.3, -0.25) is 4.79 Å². The molecule has 1 aromatic carbocycles. The van der Waals surface area contributed by atoms with Gasteiger partial charge in [-0.15, -0.1) is 0 Å². The highest BCUT2D eigenvalue weighted by Gasteiger charge is 2.16. The van der Waals surface area contributed by atoms with E-state index in [4.69, 9.17) is 15.2 Å². The fraction of sp³-hybridized carbons (Fsp3) is 0.500. The first-order chi connectivity index (χ1) is 9.20. The maximum atomic E-state index is 12.0. The lowest BCUT2D eigenvalue weighted by Crippen LogP contribution is -2.26. The van der Waals surface area contributed by atoms with Crippen molar-refractivity contribution in [3.63, 3.8) is 0 Å². The van der Waals surface area contributed by atoms with E-state index in [-0.39, 0.29) is 5.91 Å². The zero-order valence-corrected chi connectivity index (χ0v) is 11.1. The van der Waals surface area contributed by atoms with Crippen molar-refractivity contribution in [2.45, 2.75) is 12.8 Å². The van der Waals surface area contributed by atoms with E-state index in [1.54, 1.807) is 25.3 Å². The lowest BCUT2D eigenvalue weighted by Gasteiger charge is -2.10. The molecule has 1 unspecified atom stereocenters. The second-order valence-electron chi connectivity index (χ2n) is 4.73. The monoisotopic (exact) mass is 264 g/mol. The van der Waals surface area contributed by atoms with E-state index in [1.807, 2.05) is 0 Å². The van der Waals surface area contributed by atoms with Crippen LogP contribution < -0.4 is 15.8 Å². The van der Waals surface area contributed by atoms with E-state index in [2.05, 4.69) is 5.32 Å². The van der Waals surface area contributed by atoms with Crippen molar-refractivity contribution >= 4 is 11.6 Å². The lowest BCUT2D eigenvalue weighted by molar-refractivity contribution is 0.0951. The van der Waals surface area contributed by atoms with Crippen LogP contribution in [0.4, 0.5) is 5.69 Å². The highest BCUT2D eigenvalue weighted by Crippen LogP contribution is 2.20. The Bertz CT molecular complexity index is 442. The summed E-state index contributed by atoms with van der Waals surface area (Å²) in [6, 6.07) is 5.07. The number of methoxy groups -OCH3 is 1. The van der Waals surface area contributed by atoms with E-state index >= 15 is 0 Å². The van der Waals surface area contributed by atoms with Crippen molar-refractivity contribution in [2.75, 3.05) is 32.6 Å². The van der Waals surface area contributed by atoms with Crippen LogP contribution in [0, 0.1) is 5.92 Å². The molecule has 0 saturated carbocycles. The number of rotatable bonds is 5. The third kappa shape index (κ3) is 3.61. The summed E-state index contributed by atoms with van der Waals surface area (Å²) in [4.78, 5) is 12.0. The molecule has 1 atom stereocenters. The summed E-state index contributed by atoms with van der Waals surface area (Å²) in [5.74, 6) is 1.07. The molecule has 1 saturated heterocycles. The van der Waals surface area contributed by atoms with Crippen LogP contribution >= 0.6 is 0 Å². The van der Waals surface area contributed by atoms with Gasteiger partial charge in [0.1, 0.15) is 5.75 Å². The smallest absolute Gasteiger partial charge is 0.253 e. The molecule has 1 fully saturated rings. The van der Waals surface area contributed by atoms with Gasteiger partial charge >= 0.3 is 0 Å². The number of nitrogen functional groups attached to an aromatic ring is 1. The van der Waals surface area contributed by atoms with Crippen molar-refractivity contribution in [2.24, 2.45) is 5.92 Å². The Balaban J connectivity index is 1.85. The summed E-state index contributed by atoms with van der Waals surface area (Å²) in [6.07, 6.45) is 2.03. The number of benzene rings is 1. The predicted molar refractivity (Wildman–Crippen MR) is 73.3 cm³/mol. The highest BCUT2D eigenvalue weighted by molar-refractivity contribution is 5.99. The van der Waals surface area contributed by atoms with Crippen LogP contribution in [0.2, 0.25) is 0 Å². The van der Waals surface area contributed by atoms with Gasteiger partial charge in [0.05, 0.1) is 12.7 Å². The zero-order chi connectivity index (χ0) is 13.7. The van der Waals surface area contributed by atoms with Crippen LogP contribution in [0.5, 0.6) is 5.75 Å². The van der Waals surface area contributed by atoms with Crippen LogP contribution in [0.15, 0.2) is 18.2 Å².